The Morgan fingerprint density at radius 2 is 2.21 bits per heavy atom. The number of amides is 1. The van der Waals surface area contributed by atoms with Gasteiger partial charge in [-0.1, -0.05) is 13.8 Å². The molecular formula is C13H24N2O4. The first-order valence-corrected chi connectivity index (χ1v) is 6.83. The molecule has 0 aliphatic carbocycles. The van der Waals surface area contributed by atoms with E-state index in [1.807, 2.05) is 0 Å². The van der Waals surface area contributed by atoms with Gasteiger partial charge in [0.15, 0.2) is 0 Å². The zero-order chi connectivity index (χ0) is 14.3. The predicted molar refractivity (Wildman–Crippen MR) is 70.9 cm³/mol. The number of carbonyl (C=O) groups excluding carboxylic acids is 1. The molecule has 1 aliphatic rings. The molecule has 0 aromatic carbocycles. The fourth-order valence-corrected chi connectivity index (χ4v) is 2.05. The summed E-state index contributed by atoms with van der Waals surface area (Å²) >= 11 is 0. The molecule has 1 rings (SSSR count). The molecule has 19 heavy (non-hydrogen) atoms. The largest absolute Gasteiger partial charge is 0.481 e. The van der Waals surface area contributed by atoms with E-state index < -0.39 is 5.97 Å². The Hall–Kier alpha value is -1.14. The number of carboxylic acids is 1. The molecule has 0 bridgehead atoms. The van der Waals surface area contributed by atoms with Crippen molar-refractivity contribution in [2.45, 2.75) is 45.3 Å². The number of hydrogen-bond acceptors (Lipinski definition) is 4. The van der Waals surface area contributed by atoms with Gasteiger partial charge < -0.3 is 20.1 Å². The molecule has 0 saturated carbocycles. The second-order valence-electron chi connectivity index (χ2n) is 5.14. The fourth-order valence-electron chi connectivity index (χ4n) is 2.05. The van der Waals surface area contributed by atoms with Gasteiger partial charge in [0.2, 0.25) is 5.91 Å². The van der Waals surface area contributed by atoms with E-state index in [1.54, 1.807) is 4.90 Å². The molecule has 6 heteroatoms. The zero-order valence-corrected chi connectivity index (χ0v) is 11.7. The van der Waals surface area contributed by atoms with Crippen LogP contribution in [0.4, 0.5) is 0 Å². The summed E-state index contributed by atoms with van der Waals surface area (Å²) in [5, 5.41) is 12.0. The molecular weight excluding hydrogens is 248 g/mol. The number of ether oxygens (including phenoxy) is 1. The lowest BCUT2D eigenvalue weighted by Gasteiger charge is -2.32. The molecule has 0 spiro atoms. The van der Waals surface area contributed by atoms with E-state index in [1.165, 1.54) is 0 Å². The van der Waals surface area contributed by atoms with Gasteiger partial charge in [-0.2, -0.15) is 0 Å². The highest BCUT2D eigenvalue weighted by molar-refractivity contribution is 5.76. The molecule has 1 saturated heterocycles. The Morgan fingerprint density at radius 3 is 2.84 bits per heavy atom. The monoisotopic (exact) mass is 272 g/mol. The average Bonchev–Trinajstić information content (AvgIpc) is 2.33. The van der Waals surface area contributed by atoms with Gasteiger partial charge in [0.05, 0.1) is 19.1 Å². The van der Waals surface area contributed by atoms with Crippen LogP contribution in [0, 0.1) is 0 Å². The first-order chi connectivity index (χ1) is 8.99. The second-order valence-corrected chi connectivity index (χ2v) is 5.14. The topological polar surface area (TPSA) is 78.9 Å². The summed E-state index contributed by atoms with van der Waals surface area (Å²) in [6.07, 6.45) is 0.889. The molecule has 1 aliphatic heterocycles. The highest BCUT2D eigenvalue weighted by Crippen LogP contribution is 2.10. The van der Waals surface area contributed by atoms with Crippen LogP contribution in [0.25, 0.3) is 0 Å². The minimum absolute atomic E-state index is 0.0430. The van der Waals surface area contributed by atoms with E-state index in [-0.39, 0.29) is 18.4 Å². The number of nitrogens with one attached hydrogen (secondary N) is 1. The van der Waals surface area contributed by atoms with Crippen molar-refractivity contribution in [2.24, 2.45) is 0 Å². The Morgan fingerprint density at radius 1 is 1.47 bits per heavy atom. The second kappa shape index (κ2) is 8.12. The maximum absolute atomic E-state index is 12.0. The van der Waals surface area contributed by atoms with Gasteiger partial charge in [-0.05, 0) is 13.0 Å². The van der Waals surface area contributed by atoms with E-state index in [2.05, 4.69) is 19.2 Å². The van der Waals surface area contributed by atoms with Crippen LogP contribution in [0.5, 0.6) is 0 Å². The molecule has 2 N–H and O–H groups in total. The number of carboxylic acid groups (broad SMARTS) is 1. The number of carbonyl (C=O) groups is 2. The molecule has 1 heterocycles. The van der Waals surface area contributed by atoms with E-state index in [9.17, 15) is 9.59 Å². The Balaban J connectivity index is 2.25. The Labute approximate surface area is 114 Å². The van der Waals surface area contributed by atoms with Crippen LogP contribution in [0.2, 0.25) is 0 Å². The third-order valence-corrected chi connectivity index (χ3v) is 3.01. The molecule has 1 fully saturated rings. The lowest BCUT2D eigenvalue weighted by Crippen LogP contribution is -2.46. The molecule has 1 amide bonds. The van der Waals surface area contributed by atoms with E-state index in [0.717, 1.165) is 13.0 Å². The quantitative estimate of drug-likeness (QED) is 0.659. The molecule has 0 radical (unpaired) electrons. The molecule has 110 valence electrons. The number of nitrogens with zero attached hydrogens (tertiary/aromatic N) is 1. The minimum Gasteiger partial charge on any atom is -0.481 e. The normalized spacial score (nSPS) is 19.7. The van der Waals surface area contributed by atoms with E-state index >= 15 is 0 Å². The van der Waals surface area contributed by atoms with Crippen LogP contribution in [0.15, 0.2) is 0 Å². The highest BCUT2D eigenvalue weighted by Gasteiger charge is 2.25. The van der Waals surface area contributed by atoms with Crippen molar-refractivity contribution in [1.82, 2.24) is 10.2 Å². The summed E-state index contributed by atoms with van der Waals surface area (Å²) in [6.45, 7) is 6.34. The zero-order valence-electron chi connectivity index (χ0n) is 11.7. The predicted octanol–water partition coefficient (Wildman–Crippen LogP) is 0.467. The van der Waals surface area contributed by atoms with Crippen LogP contribution in [0.3, 0.4) is 0 Å². The van der Waals surface area contributed by atoms with Crippen molar-refractivity contribution in [2.75, 3.05) is 26.2 Å². The Bertz CT molecular complexity index is 307. The molecule has 6 nitrogen and oxygen atoms in total. The molecule has 1 atom stereocenters. The summed E-state index contributed by atoms with van der Waals surface area (Å²) in [4.78, 5) is 24.3. The SMILES string of the molecule is CC(C)NCCCC(=O)N1CCOC(CC(=O)O)C1. The van der Waals surface area contributed by atoms with Crippen LogP contribution in [-0.4, -0.2) is 60.3 Å². The first kappa shape index (κ1) is 15.9. The smallest absolute Gasteiger partial charge is 0.306 e. The summed E-state index contributed by atoms with van der Waals surface area (Å²) in [6, 6.07) is 0.429. The van der Waals surface area contributed by atoms with E-state index in [4.69, 9.17) is 9.84 Å². The number of hydrogen-bond donors (Lipinski definition) is 2. The van der Waals surface area contributed by atoms with Crippen molar-refractivity contribution in [1.29, 1.82) is 0 Å². The van der Waals surface area contributed by atoms with E-state index in [0.29, 0.717) is 32.2 Å². The highest BCUT2D eigenvalue weighted by atomic mass is 16.5. The molecule has 1 unspecified atom stereocenters. The molecule has 0 aromatic rings. The number of morpholine rings is 1. The van der Waals surface area contributed by atoms with Crippen LogP contribution in [0.1, 0.15) is 33.1 Å². The van der Waals surface area contributed by atoms with Crippen molar-refractivity contribution in [3.8, 4) is 0 Å². The van der Waals surface area contributed by atoms with Gasteiger partial charge in [-0.15, -0.1) is 0 Å². The third kappa shape index (κ3) is 6.54. The van der Waals surface area contributed by atoms with Crippen molar-refractivity contribution < 1.29 is 19.4 Å². The minimum atomic E-state index is -0.888. The van der Waals surface area contributed by atoms with Crippen LogP contribution in [-0.2, 0) is 14.3 Å². The summed E-state index contributed by atoms with van der Waals surface area (Å²) < 4.78 is 5.34. The third-order valence-electron chi connectivity index (χ3n) is 3.01. The summed E-state index contributed by atoms with van der Waals surface area (Å²) in [5.74, 6) is -0.801. The lowest BCUT2D eigenvalue weighted by molar-refractivity contribution is -0.147. The number of rotatable bonds is 7. The molecule has 0 aromatic heterocycles. The van der Waals surface area contributed by atoms with Crippen LogP contribution < -0.4 is 5.32 Å². The first-order valence-electron chi connectivity index (χ1n) is 6.83. The Kier molecular flexibility index (Phi) is 6.80. The van der Waals surface area contributed by atoms with Crippen molar-refractivity contribution in [3.05, 3.63) is 0 Å². The average molecular weight is 272 g/mol. The van der Waals surface area contributed by atoms with Gasteiger partial charge in [0, 0.05) is 25.6 Å². The van der Waals surface area contributed by atoms with Gasteiger partial charge in [-0.25, -0.2) is 0 Å². The van der Waals surface area contributed by atoms with Crippen molar-refractivity contribution >= 4 is 11.9 Å². The van der Waals surface area contributed by atoms with Gasteiger partial charge in [-0.3, -0.25) is 9.59 Å². The standard InChI is InChI=1S/C13H24N2O4/c1-10(2)14-5-3-4-12(16)15-6-7-19-11(9-15)8-13(17)18/h10-11,14H,3-9H2,1-2H3,(H,17,18). The van der Waals surface area contributed by atoms with Gasteiger partial charge in [0.1, 0.15) is 0 Å². The number of aliphatic carboxylic acids is 1. The maximum atomic E-state index is 12.0. The van der Waals surface area contributed by atoms with Crippen LogP contribution >= 0.6 is 0 Å². The summed E-state index contributed by atoms with van der Waals surface area (Å²) in [5.41, 5.74) is 0. The lowest BCUT2D eigenvalue weighted by atomic mass is 10.2. The fraction of sp³-hybridized carbons (Fsp3) is 0.846. The van der Waals surface area contributed by atoms with Gasteiger partial charge in [0.25, 0.3) is 0 Å². The van der Waals surface area contributed by atoms with Gasteiger partial charge >= 0.3 is 5.97 Å². The van der Waals surface area contributed by atoms with Crippen molar-refractivity contribution in [3.63, 3.8) is 0 Å². The maximum Gasteiger partial charge on any atom is 0.306 e. The summed E-state index contributed by atoms with van der Waals surface area (Å²) in [7, 11) is 0.